The van der Waals surface area contributed by atoms with Crippen molar-refractivity contribution < 1.29 is 8.42 Å². The van der Waals surface area contributed by atoms with Gasteiger partial charge in [-0.05, 0) is 35.7 Å². The minimum absolute atomic E-state index is 0.0251. The molecule has 1 saturated heterocycles. The van der Waals surface area contributed by atoms with Gasteiger partial charge in [-0.25, -0.2) is 8.42 Å². The maximum atomic E-state index is 12.5. The maximum absolute atomic E-state index is 12.5. The Morgan fingerprint density at radius 2 is 1.94 bits per heavy atom. The summed E-state index contributed by atoms with van der Waals surface area (Å²) >= 11 is 2.92. The molecule has 0 amide bonds. The first-order valence-corrected chi connectivity index (χ1v) is 8.98. The van der Waals surface area contributed by atoms with Gasteiger partial charge in [0.05, 0.1) is 6.04 Å². The fraction of sp³-hybridized carbons (Fsp3) is 0.333. The first-order valence-electron chi connectivity index (χ1n) is 5.78. The first-order chi connectivity index (χ1) is 8.69. The van der Waals surface area contributed by atoms with Gasteiger partial charge in [0.1, 0.15) is 4.21 Å². The van der Waals surface area contributed by atoms with Gasteiger partial charge in [0.2, 0.25) is 0 Å². The molecule has 1 atom stereocenters. The van der Waals surface area contributed by atoms with E-state index in [9.17, 15) is 8.42 Å². The topological polar surface area (TPSA) is 37.4 Å². The summed E-state index contributed by atoms with van der Waals surface area (Å²) in [5.74, 6) is 0. The Morgan fingerprint density at radius 1 is 1.17 bits per heavy atom. The third-order valence-corrected chi connectivity index (χ3v) is 7.39. The van der Waals surface area contributed by atoms with E-state index in [-0.39, 0.29) is 6.04 Å². The van der Waals surface area contributed by atoms with Gasteiger partial charge in [-0.3, -0.25) is 0 Å². The van der Waals surface area contributed by atoms with Gasteiger partial charge < -0.3 is 0 Å². The fourth-order valence-electron chi connectivity index (χ4n) is 2.32. The quantitative estimate of drug-likeness (QED) is 0.871. The molecule has 0 unspecified atom stereocenters. The van der Waals surface area contributed by atoms with Crippen LogP contribution in [0.5, 0.6) is 0 Å². The molecule has 0 bridgehead atoms. The fourth-order valence-corrected chi connectivity index (χ4v) is 6.05. The second-order valence-corrected chi connectivity index (χ2v) is 8.27. The summed E-state index contributed by atoms with van der Waals surface area (Å²) in [4.78, 5) is 1.15. The number of sulfonamides is 1. The van der Waals surface area contributed by atoms with Crippen molar-refractivity contribution in [1.29, 1.82) is 0 Å². The van der Waals surface area contributed by atoms with Crippen LogP contribution in [0.25, 0.3) is 0 Å². The van der Waals surface area contributed by atoms with Crippen molar-refractivity contribution in [3.8, 4) is 0 Å². The van der Waals surface area contributed by atoms with Crippen molar-refractivity contribution in [3.05, 3.63) is 39.9 Å². The minimum Gasteiger partial charge on any atom is -0.206 e. The van der Waals surface area contributed by atoms with Gasteiger partial charge in [-0.15, -0.1) is 22.7 Å². The molecule has 0 saturated carbocycles. The third-order valence-electron chi connectivity index (χ3n) is 3.13. The molecule has 0 aliphatic carbocycles. The Bertz CT molecular complexity index is 602. The lowest BCUT2D eigenvalue weighted by molar-refractivity contribution is 0.402. The van der Waals surface area contributed by atoms with E-state index in [0.717, 1.165) is 17.7 Å². The van der Waals surface area contributed by atoms with E-state index in [1.807, 2.05) is 22.9 Å². The van der Waals surface area contributed by atoms with Crippen LogP contribution in [0.15, 0.2) is 39.2 Å². The highest BCUT2D eigenvalue weighted by molar-refractivity contribution is 7.91. The molecule has 2 aromatic heterocycles. The van der Waals surface area contributed by atoms with E-state index in [2.05, 4.69) is 0 Å². The standard InChI is InChI=1S/C12H13NO2S3/c14-18(15,12-6-3-9-17-12)13-7-1-4-10(13)11-5-2-8-16-11/h2-3,5-6,8-10H,1,4,7H2/t10-/m1/s1. The zero-order chi connectivity index (χ0) is 12.6. The molecule has 18 heavy (non-hydrogen) atoms. The Kier molecular flexibility index (Phi) is 3.27. The summed E-state index contributed by atoms with van der Waals surface area (Å²) in [7, 11) is -3.31. The smallest absolute Gasteiger partial charge is 0.206 e. The Hall–Kier alpha value is -0.690. The zero-order valence-electron chi connectivity index (χ0n) is 9.65. The van der Waals surface area contributed by atoms with Crippen molar-refractivity contribution in [3.63, 3.8) is 0 Å². The largest absolute Gasteiger partial charge is 0.253 e. The van der Waals surface area contributed by atoms with Crippen LogP contribution in [-0.4, -0.2) is 19.3 Å². The van der Waals surface area contributed by atoms with Crippen molar-refractivity contribution in [1.82, 2.24) is 4.31 Å². The van der Waals surface area contributed by atoms with Gasteiger partial charge in [-0.1, -0.05) is 12.1 Å². The van der Waals surface area contributed by atoms with Gasteiger partial charge in [0, 0.05) is 11.4 Å². The Morgan fingerprint density at radius 3 is 2.61 bits per heavy atom. The average molecular weight is 299 g/mol. The lowest BCUT2D eigenvalue weighted by Gasteiger charge is -2.22. The first kappa shape index (κ1) is 12.3. The Labute approximate surface area is 115 Å². The summed E-state index contributed by atoms with van der Waals surface area (Å²) in [6.07, 6.45) is 1.86. The van der Waals surface area contributed by atoms with Crippen molar-refractivity contribution in [2.24, 2.45) is 0 Å². The molecular formula is C12H13NO2S3. The summed E-state index contributed by atoms with van der Waals surface area (Å²) in [6, 6.07) is 7.50. The molecule has 3 nitrogen and oxygen atoms in total. The van der Waals surface area contributed by atoms with Crippen LogP contribution in [0.3, 0.4) is 0 Å². The second-order valence-electron chi connectivity index (χ2n) is 4.22. The highest BCUT2D eigenvalue weighted by Gasteiger charge is 2.36. The van der Waals surface area contributed by atoms with Crippen molar-refractivity contribution in [2.45, 2.75) is 23.1 Å². The van der Waals surface area contributed by atoms with Gasteiger partial charge in [-0.2, -0.15) is 4.31 Å². The van der Waals surface area contributed by atoms with E-state index in [4.69, 9.17) is 0 Å². The van der Waals surface area contributed by atoms with E-state index in [1.165, 1.54) is 11.3 Å². The number of thiophene rings is 2. The maximum Gasteiger partial charge on any atom is 0.253 e. The second kappa shape index (κ2) is 4.77. The third kappa shape index (κ3) is 2.03. The lowest BCUT2D eigenvalue weighted by Crippen LogP contribution is -2.29. The van der Waals surface area contributed by atoms with Crippen LogP contribution in [0.2, 0.25) is 0 Å². The molecule has 1 fully saturated rings. The molecule has 1 aliphatic rings. The van der Waals surface area contributed by atoms with Gasteiger partial charge in [0.25, 0.3) is 10.0 Å². The number of nitrogens with zero attached hydrogens (tertiary/aromatic N) is 1. The van der Waals surface area contributed by atoms with Gasteiger partial charge >= 0.3 is 0 Å². The van der Waals surface area contributed by atoms with Crippen molar-refractivity contribution in [2.75, 3.05) is 6.54 Å². The summed E-state index contributed by atoms with van der Waals surface area (Å²) in [5.41, 5.74) is 0. The molecular weight excluding hydrogens is 286 g/mol. The molecule has 2 aromatic rings. The Balaban J connectivity index is 1.97. The molecule has 3 heterocycles. The van der Waals surface area contributed by atoms with Crippen LogP contribution in [0.1, 0.15) is 23.8 Å². The molecule has 3 rings (SSSR count). The van der Waals surface area contributed by atoms with Crippen LogP contribution >= 0.6 is 22.7 Å². The van der Waals surface area contributed by atoms with Crippen LogP contribution in [-0.2, 0) is 10.0 Å². The summed E-state index contributed by atoms with van der Waals surface area (Å²) < 4.78 is 27.2. The normalized spacial score (nSPS) is 21.4. The predicted molar refractivity (Wildman–Crippen MR) is 74.5 cm³/mol. The number of hydrogen-bond donors (Lipinski definition) is 0. The van der Waals surface area contributed by atoms with E-state index < -0.39 is 10.0 Å². The van der Waals surface area contributed by atoms with Crippen molar-refractivity contribution >= 4 is 32.7 Å². The summed E-state index contributed by atoms with van der Waals surface area (Å²) in [6.45, 7) is 0.628. The SMILES string of the molecule is O=S(=O)(c1cccs1)N1CCC[C@@H]1c1cccs1. The molecule has 1 aliphatic heterocycles. The monoisotopic (exact) mass is 299 g/mol. The number of rotatable bonds is 3. The van der Waals surface area contributed by atoms with E-state index >= 15 is 0 Å². The average Bonchev–Trinajstić information content (AvgIpc) is 3.11. The van der Waals surface area contributed by atoms with Crippen LogP contribution < -0.4 is 0 Å². The van der Waals surface area contributed by atoms with Gasteiger partial charge in [0.15, 0.2) is 0 Å². The zero-order valence-corrected chi connectivity index (χ0v) is 12.1. The molecule has 96 valence electrons. The highest BCUT2D eigenvalue weighted by Crippen LogP contribution is 2.39. The predicted octanol–water partition coefficient (Wildman–Crippen LogP) is 3.34. The molecule has 0 N–H and O–H groups in total. The van der Waals surface area contributed by atoms with E-state index in [0.29, 0.717) is 10.8 Å². The minimum atomic E-state index is -3.31. The molecule has 0 aromatic carbocycles. The molecule has 6 heteroatoms. The molecule has 0 radical (unpaired) electrons. The summed E-state index contributed by atoms with van der Waals surface area (Å²) in [5, 5.41) is 3.81. The highest BCUT2D eigenvalue weighted by atomic mass is 32.2. The molecule has 0 spiro atoms. The van der Waals surface area contributed by atoms with Crippen LogP contribution in [0.4, 0.5) is 0 Å². The number of hydrogen-bond acceptors (Lipinski definition) is 4. The lowest BCUT2D eigenvalue weighted by atomic mass is 10.2. The van der Waals surface area contributed by atoms with Crippen LogP contribution in [0, 0.1) is 0 Å². The van der Waals surface area contributed by atoms with E-state index in [1.54, 1.807) is 27.8 Å².